The Morgan fingerprint density at radius 3 is 2.71 bits per heavy atom. The highest BCUT2D eigenvalue weighted by atomic mass is 35.5. The number of benzene rings is 1. The molecular formula is C19H24ClN3O. The van der Waals surface area contributed by atoms with Crippen LogP contribution in [0.5, 0.6) is 0 Å². The molecule has 0 fully saturated rings. The standard InChI is InChI=1S/C19H24ClN3O/c1-12(2)11-23-19(20)16(15(5)22-23)8-9-18(24)21-17-10-13(3)6-7-14(17)4/h6-10,12H,11H2,1-5H3,(H,21,24)/b9-8+. The highest BCUT2D eigenvalue weighted by Gasteiger charge is 2.12. The van der Waals surface area contributed by atoms with Gasteiger partial charge in [0.1, 0.15) is 5.15 Å². The zero-order valence-corrected chi connectivity index (χ0v) is 15.6. The van der Waals surface area contributed by atoms with Gasteiger partial charge in [-0.2, -0.15) is 5.10 Å². The Balaban J connectivity index is 2.14. The smallest absolute Gasteiger partial charge is 0.248 e. The molecule has 0 bridgehead atoms. The van der Waals surface area contributed by atoms with Crippen molar-refractivity contribution in [3.63, 3.8) is 0 Å². The Morgan fingerprint density at radius 2 is 2.04 bits per heavy atom. The van der Waals surface area contributed by atoms with Crippen LogP contribution in [0, 0.1) is 26.7 Å². The van der Waals surface area contributed by atoms with Crippen LogP contribution in [0.25, 0.3) is 6.08 Å². The number of halogens is 1. The van der Waals surface area contributed by atoms with E-state index in [9.17, 15) is 4.79 Å². The van der Waals surface area contributed by atoms with Gasteiger partial charge in [-0.15, -0.1) is 0 Å². The average Bonchev–Trinajstić information content (AvgIpc) is 2.74. The quantitative estimate of drug-likeness (QED) is 0.793. The Kier molecular flexibility index (Phi) is 5.84. The minimum Gasteiger partial charge on any atom is -0.322 e. The number of aryl methyl sites for hydroxylation is 3. The van der Waals surface area contributed by atoms with Crippen LogP contribution >= 0.6 is 11.6 Å². The third-order valence-electron chi connectivity index (χ3n) is 3.70. The van der Waals surface area contributed by atoms with Crippen LogP contribution in [0.4, 0.5) is 5.69 Å². The van der Waals surface area contributed by atoms with Crippen LogP contribution in [0.15, 0.2) is 24.3 Å². The summed E-state index contributed by atoms with van der Waals surface area (Å²) in [4.78, 5) is 12.2. The van der Waals surface area contributed by atoms with E-state index in [1.807, 2.05) is 39.0 Å². The van der Waals surface area contributed by atoms with E-state index in [4.69, 9.17) is 11.6 Å². The summed E-state index contributed by atoms with van der Waals surface area (Å²) in [6.45, 7) is 10.8. The van der Waals surface area contributed by atoms with Crippen molar-refractivity contribution in [1.82, 2.24) is 9.78 Å². The van der Waals surface area contributed by atoms with Gasteiger partial charge >= 0.3 is 0 Å². The van der Waals surface area contributed by atoms with Gasteiger partial charge in [-0.05, 0) is 50.0 Å². The molecule has 2 aromatic rings. The largest absolute Gasteiger partial charge is 0.322 e. The number of carbonyl (C=O) groups excluding carboxylic acids is 1. The van der Waals surface area contributed by atoms with E-state index in [0.29, 0.717) is 11.1 Å². The van der Waals surface area contributed by atoms with Crippen LogP contribution < -0.4 is 5.32 Å². The van der Waals surface area contributed by atoms with Crippen LogP contribution in [-0.4, -0.2) is 15.7 Å². The van der Waals surface area contributed by atoms with Crippen LogP contribution in [0.3, 0.4) is 0 Å². The van der Waals surface area contributed by atoms with Gasteiger partial charge in [0.25, 0.3) is 0 Å². The lowest BCUT2D eigenvalue weighted by atomic mass is 10.1. The molecule has 0 spiro atoms. The molecule has 0 atom stereocenters. The second-order valence-corrected chi connectivity index (χ2v) is 6.86. The minimum absolute atomic E-state index is 0.184. The van der Waals surface area contributed by atoms with Crippen molar-refractivity contribution in [2.24, 2.45) is 5.92 Å². The lowest BCUT2D eigenvalue weighted by Gasteiger charge is -2.07. The third-order valence-corrected chi connectivity index (χ3v) is 4.10. The molecule has 1 N–H and O–H groups in total. The molecule has 0 saturated carbocycles. The Morgan fingerprint density at radius 1 is 1.33 bits per heavy atom. The first-order valence-corrected chi connectivity index (χ1v) is 8.45. The first kappa shape index (κ1) is 18.3. The van der Waals surface area contributed by atoms with E-state index < -0.39 is 0 Å². The number of amides is 1. The predicted molar refractivity (Wildman–Crippen MR) is 100 cm³/mol. The molecule has 128 valence electrons. The van der Waals surface area contributed by atoms with Crippen LogP contribution in [-0.2, 0) is 11.3 Å². The molecule has 1 aromatic carbocycles. The zero-order valence-electron chi connectivity index (χ0n) is 14.9. The van der Waals surface area contributed by atoms with Crippen molar-refractivity contribution < 1.29 is 4.79 Å². The van der Waals surface area contributed by atoms with E-state index in [0.717, 1.165) is 34.6 Å². The van der Waals surface area contributed by atoms with Crippen molar-refractivity contribution in [3.05, 3.63) is 51.8 Å². The molecule has 0 aliphatic carbocycles. The van der Waals surface area contributed by atoms with Gasteiger partial charge in [0.2, 0.25) is 5.91 Å². The Hall–Kier alpha value is -2.07. The maximum absolute atomic E-state index is 12.2. The molecule has 0 aliphatic rings. The Labute approximate surface area is 148 Å². The first-order valence-electron chi connectivity index (χ1n) is 8.07. The average molecular weight is 346 g/mol. The molecule has 0 aliphatic heterocycles. The predicted octanol–water partition coefficient (Wildman–Crippen LogP) is 4.77. The lowest BCUT2D eigenvalue weighted by molar-refractivity contribution is -0.111. The van der Waals surface area contributed by atoms with Gasteiger partial charge in [0, 0.05) is 23.9 Å². The topological polar surface area (TPSA) is 46.9 Å². The van der Waals surface area contributed by atoms with Gasteiger partial charge < -0.3 is 5.32 Å². The SMILES string of the molecule is Cc1ccc(C)c(NC(=O)/C=C/c2c(C)nn(CC(C)C)c2Cl)c1. The Bertz CT molecular complexity index is 775. The summed E-state index contributed by atoms with van der Waals surface area (Å²) in [7, 11) is 0. The highest BCUT2D eigenvalue weighted by molar-refractivity contribution is 6.31. The van der Waals surface area contributed by atoms with Gasteiger partial charge in [-0.3, -0.25) is 9.48 Å². The van der Waals surface area contributed by atoms with Crippen molar-refractivity contribution in [3.8, 4) is 0 Å². The molecule has 5 heteroatoms. The summed E-state index contributed by atoms with van der Waals surface area (Å²) in [6, 6.07) is 5.97. The number of anilines is 1. The van der Waals surface area contributed by atoms with Crippen molar-refractivity contribution in [2.45, 2.75) is 41.2 Å². The molecule has 2 rings (SSSR count). The van der Waals surface area contributed by atoms with E-state index in [-0.39, 0.29) is 5.91 Å². The van der Waals surface area contributed by atoms with Crippen LogP contribution in [0.1, 0.15) is 36.2 Å². The molecular weight excluding hydrogens is 322 g/mol. The number of carbonyl (C=O) groups is 1. The van der Waals surface area contributed by atoms with Crippen molar-refractivity contribution >= 4 is 29.3 Å². The van der Waals surface area contributed by atoms with E-state index in [1.165, 1.54) is 6.08 Å². The van der Waals surface area contributed by atoms with Crippen molar-refractivity contribution in [1.29, 1.82) is 0 Å². The molecule has 0 saturated heterocycles. The molecule has 1 aromatic heterocycles. The van der Waals surface area contributed by atoms with Gasteiger partial charge in [0.05, 0.1) is 5.69 Å². The van der Waals surface area contributed by atoms with Crippen molar-refractivity contribution in [2.75, 3.05) is 5.32 Å². The number of rotatable bonds is 5. The fourth-order valence-electron chi connectivity index (χ4n) is 2.43. The molecule has 4 nitrogen and oxygen atoms in total. The number of aromatic nitrogens is 2. The van der Waals surface area contributed by atoms with Gasteiger partial charge in [-0.1, -0.05) is 37.6 Å². The number of nitrogens with zero attached hydrogens (tertiary/aromatic N) is 2. The summed E-state index contributed by atoms with van der Waals surface area (Å²) in [5.41, 5.74) is 4.56. The fraction of sp³-hybridized carbons (Fsp3) is 0.368. The number of hydrogen-bond donors (Lipinski definition) is 1. The van der Waals surface area contributed by atoms with E-state index >= 15 is 0 Å². The van der Waals surface area contributed by atoms with Crippen LogP contribution in [0.2, 0.25) is 5.15 Å². The minimum atomic E-state index is -0.184. The van der Waals surface area contributed by atoms with E-state index in [1.54, 1.807) is 10.8 Å². The highest BCUT2D eigenvalue weighted by Crippen LogP contribution is 2.22. The summed E-state index contributed by atoms with van der Waals surface area (Å²) < 4.78 is 1.78. The molecule has 0 radical (unpaired) electrons. The molecule has 1 heterocycles. The van der Waals surface area contributed by atoms with Gasteiger partial charge in [0.15, 0.2) is 0 Å². The summed E-state index contributed by atoms with van der Waals surface area (Å²) in [6.07, 6.45) is 3.22. The molecule has 24 heavy (non-hydrogen) atoms. The lowest BCUT2D eigenvalue weighted by Crippen LogP contribution is -2.09. The second-order valence-electron chi connectivity index (χ2n) is 6.51. The molecule has 1 amide bonds. The maximum atomic E-state index is 12.2. The first-order chi connectivity index (χ1) is 11.3. The second kappa shape index (κ2) is 7.67. The number of hydrogen-bond acceptors (Lipinski definition) is 2. The zero-order chi connectivity index (χ0) is 17.9. The maximum Gasteiger partial charge on any atom is 0.248 e. The molecule has 0 unspecified atom stereocenters. The third kappa shape index (κ3) is 4.48. The summed E-state index contributed by atoms with van der Waals surface area (Å²) in [5, 5.41) is 7.91. The van der Waals surface area contributed by atoms with Gasteiger partial charge in [-0.25, -0.2) is 0 Å². The monoisotopic (exact) mass is 345 g/mol. The number of nitrogens with one attached hydrogen (secondary N) is 1. The summed E-state index contributed by atoms with van der Waals surface area (Å²) in [5.74, 6) is 0.266. The van der Waals surface area contributed by atoms with E-state index in [2.05, 4.69) is 24.3 Å². The fourth-order valence-corrected chi connectivity index (χ4v) is 2.73. The summed E-state index contributed by atoms with van der Waals surface area (Å²) >= 11 is 6.38. The normalized spacial score (nSPS) is 11.5.